The highest BCUT2D eigenvalue weighted by Gasteiger charge is 2.16. The van der Waals surface area contributed by atoms with Crippen LogP contribution in [0.5, 0.6) is 5.75 Å². The molecule has 0 saturated carbocycles. The molecule has 3 rings (SSSR count). The minimum atomic E-state index is -0.174. The molecule has 166 valence electrons. The van der Waals surface area contributed by atoms with Gasteiger partial charge in [0.15, 0.2) is 13.1 Å². The lowest BCUT2D eigenvalue weighted by molar-refractivity contribution is -0.862. The summed E-state index contributed by atoms with van der Waals surface area (Å²) in [6, 6.07) is 15.1. The summed E-state index contributed by atoms with van der Waals surface area (Å²) in [7, 11) is 1.81. The number of nitrogens with zero attached hydrogens (tertiary/aromatic N) is 1. The summed E-state index contributed by atoms with van der Waals surface area (Å²) < 4.78 is 10.9. The Bertz CT molecular complexity index is 866. The number of hydrogen-bond acceptors (Lipinski definition) is 5. The summed E-state index contributed by atoms with van der Waals surface area (Å²) in [5.41, 5.74) is 2.49. The molecule has 8 heteroatoms. The van der Waals surface area contributed by atoms with Crippen molar-refractivity contribution in [3.05, 3.63) is 48.5 Å². The van der Waals surface area contributed by atoms with E-state index in [9.17, 15) is 9.59 Å². The molecular weight excluding hydrogens is 396 g/mol. The van der Waals surface area contributed by atoms with Crippen LogP contribution in [0.1, 0.15) is 6.92 Å². The van der Waals surface area contributed by atoms with Crippen LogP contribution in [0, 0.1) is 0 Å². The molecule has 3 N–H and O–H groups in total. The number of ether oxygens (including phenoxy) is 2. The van der Waals surface area contributed by atoms with E-state index in [-0.39, 0.29) is 24.9 Å². The van der Waals surface area contributed by atoms with Gasteiger partial charge in [0, 0.05) is 24.5 Å². The van der Waals surface area contributed by atoms with Gasteiger partial charge >= 0.3 is 0 Å². The van der Waals surface area contributed by atoms with E-state index in [0.717, 1.165) is 42.6 Å². The third-order valence-corrected chi connectivity index (χ3v) is 4.91. The van der Waals surface area contributed by atoms with Crippen molar-refractivity contribution in [2.45, 2.75) is 6.92 Å². The molecule has 0 spiro atoms. The lowest BCUT2D eigenvalue weighted by Gasteiger charge is -2.28. The van der Waals surface area contributed by atoms with Crippen LogP contribution in [0.25, 0.3) is 0 Å². The van der Waals surface area contributed by atoms with Gasteiger partial charge in [0.1, 0.15) is 5.75 Å². The summed E-state index contributed by atoms with van der Waals surface area (Å²) in [6.07, 6.45) is 0. The fourth-order valence-corrected chi connectivity index (χ4v) is 3.44. The van der Waals surface area contributed by atoms with E-state index in [1.807, 2.05) is 56.4 Å². The first kappa shape index (κ1) is 22.6. The number of quaternary nitrogens is 1. The molecule has 1 heterocycles. The van der Waals surface area contributed by atoms with E-state index in [1.54, 1.807) is 6.07 Å². The molecule has 2 aromatic carbocycles. The van der Waals surface area contributed by atoms with Crippen LogP contribution in [0.2, 0.25) is 0 Å². The van der Waals surface area contributed by atoms with Gasteiger partial charge in [-0.2, -0.15) is 0 Å². The Kier molecular flexibility index (Phi) is 8.26. The lowest BCUT2D eigenvalue weighted by atomic mass is 10.2. The van der Waals surface area contributed by atoms with Gasteiger partial charge in [0.25, 0.3) is 11.8 Å². The Balaban J connectivity index is 1.45. The van der Waals surface area contributed by atoms with Crippen molar-refractivity contribution in [1.82, 2.24) is 0 Å². The van der Waals surface area contributed by atoms with Gasteiger partial charge in [-0.1, -0.05) is 12.1 Å². The van der Waals surface area contributed by atoms with Crippen molar-refractivity contribution in [2.24, 2.45) is 0 Å². The number of benzene rings is 2. The maximum atomic E-state index is 12.4. The third-order valence-electron chi connectivity index (χ3n) is 4.91. The number of likely N-dealkylation sites (N-methyl/N-ethyl adjacent to an activating group) is 1. The van der Waals surface area contributed by atoms with E-state index in [1.165, 1.54) is 0 Å². The predicted octanol–water partition coefficient (Wildman–Crippen LogP) is 1.01. The average molecular weight is 428 g/mol. The number of carbonyl (C=O) groups is 2. The molecule has 0 bridgehead atoms. The fourth-order valence-electron chi connectivity index (χ4n) is 3.44. The lowest BCUT2D eigenvalue weighted by Crippen LogP contribution is -3.11. The zero-order valence-electron chi connectivity index (χ0n) is 18.1. The van der Waals surface area contributed by atoms with Gasteiger partial charge in [0.2, 0.25) is 0 Å². The Morgan fingerprint density at radius 1 is 1.00 bits per heavy atom. The number of rotatable bonds is 9. The zero-order valence-corrected chi connectivity index (χ0v) is 18.1. The minimum absolute atomic E-state index is 0.140. The smallest absolute Gasteiger partial charge is 0.279 e. The van der Waals surface area contributed by atoms with Crippen LogP contribution in [0.3, 0.4) is 0 Å². The van der Waals surface area contributed by atoms with Crippen molar-refractivity contribution < 1.29 is 24.0 Å². The van der Waals surface area contributed by atoms with Crippen LogP contribution in [-0.2, 0) is 14.3 Å². The molecule has 1 aliphatic rings. The van der Waals surface area contributed by atoms with Crippen molar-refractivity contribution in [2.75, 3.05) is 68.6 Å². The van der Waals surface area contributed by atoms with Gasteiger partial charge in [0.05, 0.1) is 32.6 Å². The molecule has 0 radical (unpaired) electrons. The number of anilines is 3. The third kappa shape index (κ3) is 6.97. The standard InChI is InChI=1S/C23H30N4O4/c1-3-31-21-7-5-4-6-20(21)25-23(29)17-26(2)16-22(28)24-18-8-10-19(11-9-18)27-12-14-30-15-13-27/h4-11H,3,12-17H2,1-2H3,(H,24,28)(H,25,29)/p+1. The highest BCUT2D eigenvalue weighted by Crippen LogP contribution is 2.23. The average Bonchev–Trinajstić information content (AvgIpc) is 2.76. The number of morpholine rings is 1. The first-order valence-electron chi connectivity index (χ1n) is 10.6. The van der Waals surface area contributed by atoms with Gasteiger partial charge in [-0.15, -0.1) is 0 Å². The summed E-state index contributed by atoms with van der Waals surface area (Å²) in [6.45, 7) is 5.98. The summed E-state index contributed by atoms with van der Waals surface area (Å²) in [5.74, 6) is 0.320. The summed E-state index contributed by atoms with van der Waals surface area (Å²) >= 11 is 0. The topological polar surface area (TPSA) is 84.3 Å². The fraction of sp³-hybridized carbons (Fsp3) is 0.391. The maximum absolute atomic E-state index is 12.4. The van der Waals surface area contributed by atoms with E-state index < -0.39 is 0 Å². The predicted molar refractivity (Wildman–Crippen MR) is 121 cm³/mol. The van der Waals surface area contributed by atoms with Gasteiger partial charge in [-0.3, -0.25) is 9.59 Å². The number of hydrogen-bond donors (Lipinski definition) is 3. The largest absolute Gasteiger partial charge is 0.492 e. The molecule has 2 aromatic rings. The molecule has 31 heavy (non-hydrogen) atoms. The van der Waals surface area contributed by atoms with Crippen molar-refractivity contribution in [3.63, 3.8) is 0 Å². The quantitative estimate of drug-likeness (QED) is 0.556. The molecule has 1 aliphatic heterocycles. The normalized spacial score (nSPS) is 14.6. The van der Waals surface area contributed by atoms with Crippen LogP contribution >= 0.6 is 0 Å². The Morgan fingerprint density at radius 3 is 2.32 bits per heavy atom. The van der Waals surface area contributed by atoms with Crippen LogP contribution in [-0.4, -0.2) is 64.9 Å². The minimum Gasteiger partial charge on any atom is -0.492 e. The first-order valence-corrected chi connectivity index (χ1v) is 10.6. The summed E-state index contributed by atoms with van der Waals surface area (Å²) in [4.78, 5) is 27.8. The van der Waals surface area contributed by atoms with Crippen molar-refractivity contribution in [3.8, 4) is 5.75 Å². The van der Waals surface area contributed by atoms with E-state index in [0.29, 0.717) is 18.0 Å². The monoisotopic (exact) mass is 427 g/mol. The Labute approximate surface area is 183 Å². The Morgan fingerprint density at radius 2 is 1.65 bits per heavy atom. The maximum Gasteiger partial charge on any atom is 0.279 e. The van der Waals surface area contributed by atoms with E-state index >= 15 is 0 Å². The van der Waals surface area contributed by atoms with E-state index in [2.05, 4.69) is 15.5 Å². The van der Waals surface area contributed by atoms with Gasteiger partial charge in [-0.25, -0.2) is 0 Å². The second-order valence-corrected chi connectivity index (χ2v) is 7.48. The summed E-state index contributed by atoms with van der Waals surface area (Å²) in [5, 5.41) is 5.75. The molecular formula is C23H31N4O4+. The molecule has 2 amide bonds. The Hall–Kier alpha value is -3.10. The highest BCUT2D eigenvalue weighted by atomic mass is 16.5. The van der Waals surface area contributed by atoms with Gasteiger partial charge < -0.3 is 29.9 Å². The highest BCUT2D eigenvalue weighted by molar-refractivity contribution is 5.94. The number of para-hydroxylation sites is 2. The number of nitrogens with one attached hydrogen (secondary N) is 3. The molecule has 8 nitrogen and oxygen atoms in total. The molecule has 1 unspecified atom stereocenters. The van der Waals surface area contributed by atoms with Crippen LogP contribution < -0.4 is 25.2 Å². The molecule has 0 aromatic heterocycles. The van der Waals surface area contributed by atoms with Crippen molar-refractivity contribution in [1.29, 1.82) is 0 Å². The molecule has 1 atom stereocenters. The molecule has 1 fully saturated rings. The molecule has 1 saturated heterocycles. The van der Waals surface area contributed by atoms with Crippen molar-refractivity contribution >= 4 is 28.9 Å². The first-order chi connectivity index (χ1) is 15.0. The van der Waals surface area contributed by atoms with Gasteiger partial charge in [-0.05, 0) is 43.3 Å². The van der Waals surface area contributed by atoms with E-state index in [4.69, 9.17) is 9.47 Å². The number of carbonyl (C=O) groups excluding carboxylic acids is 2. The SMILES string of the molecule is CCOc1ccccc1NC(=O)C[NH+](C)CC(=O)Nc1ccc(N2CCOCC2)cc1. The zero-order chi connectivity index (χ0) is 22.1. The van der Waals surface area contributed by atoms with Crippen LogP contribution in [0.4, 0.5) is 17.1 Å². The molecule has 0 aliphatic carbocycles. The number of amides is 2. The second-order valence-electron chi connectivity index (χ2n) is 7.48. The second kappa shape index (κ2) is 11.3. The van der Waals surface area contributed by atoms with Crippen LogP contribution in [0.15, 0.2) is 48.5 Å².